The maximum atomic E-state index is 9.89. The van der Waals surface area contributed by atoms with Crippen LogP contribution in [0.2, 0.25) is 0 Å². The van der Waals surface area contributed by atoms with E-state index in [0.717, 1.165) is 0 Å². The number of aromatic nitrogens is 1. The molecule has 0 spiro atoms. The standard InChI is InChI=1S/C3H2NO4P.Na.H/c5-9(6)8-3-4-1-2-7-3;;/h1-2H;;/q;+1;-1/p+1. The van der Waals surface area contributed by atoms with E-state index in [1.54, 1.807) is 0 Å². The third kappa shape index (κ3) is 3.29. The molecule has 5 nitrogen and oxygen atoms in total. The molecular formula is C3H4NNaO4P+. The first-order valence-corrected chi connectivity index (χ1v) is 3.15. The Bertz CT molecular complexity index is 205. The van der Waals surface area contributed by atoms with Crippen molar-refractivity contribution in [2.45, 2.75) is 0 Å². The second-order valence-electron chi connectivity index (χ2n) is 1.13. The molecule has 10 heavy (non-hydrogen) atoms. The maximum Gasteiger partial charge on any atom is 1.00 e. The van der Waals surface area contributed by atoms with Gasteiger partial charge < -0.3 is 5.84 Å². The van der Waals surface area contributed by atoms with Gasteiger partial charge in [-0.05, 0) is 0 Å². The first-order chi connectivity index (χ1) is 4.29. The summed E-state index contributed by atoms with van der Waals surface area (Å²) in [5.74, 6) is 0. The molecule has 1 aromatic rings. The van der Waals surface area contributed by atoms with Gasteiger partial charge in [-0.25, -0.2) is 0 Å². The van der Waals surface area contributed by atoms with Gasteiger partial charge in [0.05, 0.1) is 6.20 Å². The molecule has 7 heteroatoms. The summed E-state index contributed by atoms with van der Waals surface area (Å²) in [5, 5.41) is 0. The predicted octanol–water partition coefficient (Wildman–Crippen LogP) is -2.18. The van der Waals surface area contributed by atoms with Crippen LogP contribution < -0.4 is 34.1 Å². The van der Waals surface area contributed by atoms with Gasteiger partial charge in [-0.1, -0.05) is 0 Å². The van der Waals surface area contributed by atoms with Crippen molar-refractivity contribution in [1.82, 2.24) is 4.98 Å². The Morgan fingerprint density at radius 1 is 1.90 bits per heavy atom. The molecule has 0 amide bonds. The molecule has 0 aliphatic rings. The molecule has 1 unspecified atom stereocenters. The average Bonchev–Trinajstić information content (AvgIpc) is 2.15. The second-order valence-corrected chi connectivity index (χ2v) is 1.79. The van der Waals surface area contributed by atoms with Crippen LogP contribution in [0.3, 0.4) is 0 Å². The van der Waals surface area contributed by atoms with Crippen molar-refractivity contribution in [1.29, 1.82) is 0 Å². The van der Waals surface area contributed by atoms with Crippen LogP contribution in [-0.4, -0.2) is 9.88 Å². The number of oxazole rings is 1. The van der Waals surface area contributed by atoms with E-state index in [2.05, 4.69) is 13.9 Å². The van der Waals surface area contributed by atoms with Crippen LogP contribution in [0.15, 0.2) is 16.9 Å². The van der Waals surface area contributed by atoms with E-state index in [4.69, 9.17) is 4.89 Å². The van der Waals surface area contributed by atoms with E-state index in [9.17, 15) is 4.57 Å². The Kier molecular flexibility index (Phi) is 4.85. The molecule has 1 rings (SSSR count). The summed E-state index contributed by atoms with van der Waals surface area (Å²) in [6.07, 6.45) is 2.36. The topological polar surface area (TPSA) is 72.6 Å². The first kappa shape index (κ1) is 10.1. The summed E-state index contributed by atoms with van der Waals surface area (Å²) in [5.41, 5.74) is 0. The minimum absolute atomic E-state index is 0. The van der Waals surface area contributed by atoms with Gasteiger partial charge in [0.2, 0.25) is 0 Å². The minimum atomic E-state index is -2.66. The van der Waals surface area contributed by atoms with Crippen LogP contribution in [0.4, 0.5) is 0 Å². The summed E-state index contributed by atoms with van der Waals surface area (Å²) >= 11 is 0. The van der Waals surface area contributed by atoms with Gasteiger partial charge in [-0.2, -0.15) is 9.51 Å². The first-order valence-electron chi connectivity index (χ1n) is 2.02. The quantitative estimate of drug-likeness (QED) is 0.405. The van der Waals surface area contributed by atoms with Gasteiger partial charge >= 0.3 is 43.9 Å². The molecule has 1 aromatic heterocycles. The van der Waals surface area contributed by atoms with Crippen molar-refractivity contribution in [2.75, 3.05) is 0 Å². The molecule has 1 atom stereocenters. The predicted molar refractivity (Wildman–Crippen MR) is 28.1 cm³/mol. The zero-order valence-electron chi connectivity index (χ0n) is 6.22. The maximum absolute atomic E-state index is 9.89. The number of hydrogen-bond acceptors (Lipinski definition) is 4. The average molecular weight is 172 g/mol. The fourth-order valence-corrected chi connectivity index (χ4v) is 0.546. The van der Waals surface area contributed by atoms with Crippen LogP contribution >= 0.6 is 8.25 Å². The summed E-state index contributed by atoms with van der Waals surface area (Å²) in [6, 6.07) is 0. The zero-order valence-corrected chi connectivity index (χ0v) is 8.12. The molecule has 0 fully saturated rings. The summed E-state index contributed by atoms with van der Waals surface area (Å²) < 4.78 is 18.5. The normalized spacial score (nSPS) is 9.90. The Morgan fingerprint density at radius 2 is 2.60 bits per heavy atom. The van der Waals surface area contributed by atoms with E-state index in [0.29, 0.717) is 0 Å². The Hall–Kier alpha value is 0.0700. The Morgan fingerprint density at radius 3 is 3.00 bits per heavy atom. The van der Waals surface area contributed by atoms with Gasteiger partial charge in [0, 0.05) is 4.57 Å². The van der Waals surface area contributed by atoms with Crippen LogP contribution in [0.1, 0.15) is 1.43 Å². The van der Waals surface area contributed by atoms with Crippen LogP contribution in [-0.2, 0) is 4.57 Å². The van der Waals surface area contributed by atoms with Crippen molar-refractivity contribution < 1.29 is 49.4 Å². The molecule has 1 heterocycles. The Labute approximate surface area is 81.1 Å². The smallest absolute Gasteiger partial charge is 1.00 e. The van der Waals surface area contributed by atoms with Crippen molar-refractivity contribution in [3.8, 4) is 6.08 Å². The fourth-order valence-electron chi connectivity index (χ4n) is 0.322. The Balaban J connectivity index is 0. The molecule has 0 bridgehead atoms. The summed E-state index contributed by atoms with van der Waals surface area (Å²) in [6.45, 7) is 0. The molecule has 1 N–H and O–H groups in total. The van der Waals surface area contributed by atoms with Gasteiger partial charge in [-0.15, -0.1) is 4.89 Å². The second kappa shape index (κ2) is 4.82. The minimum Gasteiger partial charge on any atom is -1.00 e. The van der Waals surface area contributed by atoms with E-state index >= 15 is 0 Å². The molecule has 0 saturated carbocycles. The monoisotopic (exact) mass is 172 g/mol. The van der Waals surface area contributed by atoms with Gasteiger partial charge in [0.1, 0.15) is 6.26 Å². The van der Waals surface area contributed by atoms with Crippen molar-refractivity contribution in [3.63, 3.8) is 0 Å². The molecular weight excluding hydrogens is 168 g/mol. The largest absolute Gasteiger partial charge is 1.00 e. The molecule has 0 radical (unpaired) electrons. The number of nitrogens with zero attached hydrogens (tertiary/aromatic N) is 1. The number of rotatable bonds is 2. The molecule has 0 saturated heterocycles. The molecule has 0 aliphatic carbocycles. The van der Waals surface area contributed by atoms with Crippen molar-refractivity contribution in [2.24, 2.45) is 0 Å². The SMILES string of the molecule is O=[P+](O)Oc1ncco1.[H-].[Na+]. The van der Waals surface area contributed by atoms with Crippen LogP contribution in [0, 0.1) is 0 Å². The fraction of sp³-hybridized carbons (Fsp3) is 0. The van der Waals surface area contributed by atoms with Crippen molar-refractivity contribution in [3.05, 3.63) is 12.5 Å². The molecule has 0 aromatic carbocycles. The van der Waals surface area contributed by atoms with Gasteiger partial charge in [0.15, 0.2) is 0 Å². The van der Waals surface area contributed by atoms with Gasteiger partial charge in [-0.3, -0.25) is 0 Å². The van der Waals surface area contributed by atoms with Crippen LogP contribution in [0.5, 0.6) is 6.08 Å². The summed E-state index contributed by atoms with van der Waals surface area (Å²) in [4.78, 5) is 11.5. The van der Waals surface area contributed by atoms with Crippen molar-refractivity contribution >= 4 is 8.25 Å². The molecule has 0 aliphatic heterocycles. The summed E-state index contributed by atoms with van der Waals surface area (Å²) in [7, 11) is -2.66. The van der Waals surface area contributed by atoms with E-state index in [1.165, 1.54) is 12.5 Å². The third-order valence-electron chi connectivity index (χ3n) is 0.566. The van der Waals surface area contributed by atoms with E-state index < -0.39 is 8.25 Å². The third-order valence-corrected chi connectivity index (χ3v) is 0.878. The van der Waals surface area contributed by atoms with Gasteiger partial charge in [0.25, 0.3) is 0 Å². The molecule has 50 valence electrons. The number of hydrogen-bond donors (Lipinski definition) is 1. The van der Waals surface area contributed by atoms with Crippen LogP contribution in [0.25, 0.3) is 0 Å². The zero-order chi connectivity index (χ0) is 6.69. The van der Waals surface area contributed by atoms with E-state index in [-0.39, 0.29) is 37.1 Å². The van der Waals surface area contributed by atoms with E-state index in [1.807, 2.05) is 0 Å².